The Labute approximate surface area is 219 Å². The number of benzene rings is 1. The van der Waals surface area contributed by atoms with E-state index < -0.39 is 0 Å². The van der Waals surface area contributed by atoms with Crippen molar-refractivity contribution in [1.82, 2.24) is 14.8 Å². The van der Waals surface area contributed by atoms with Crippen molar-refractivity contribution in [1.29, 1.82) is 0 Å². The Morgan fingerprint density at radius 1 is 1.22 bits per heavy atom. The van der Waals surface area contributed by atoms with Gasteiger partial charge in [0.2, 0.25) is 5.91 Å². The van der Waals surface area contributed by atoms with Crippen LogP contribution in [0.1, 0.15) is 59.4 Å². The minimum atomic E-state index is -0.360. The number of fused-ring (bicyclic) bond motifs is 1. The van der Waals surface area contributed by atoms with E-state index >= 15 is 0 Å². The minimum absolute atomic E-state index is 0.169. The normalized spacial score (nSPS) is 14.8. The number of nitrogens with one attached hydrogen (secondary N) is 1. The number of thioether (sulfide) groups is 1. The molecule has 1 aliphatic carbocycles. The number of carbonyl (C=O) groups excluding carboxylic acids is 2. The van der Waals surface area contributed by atoms with Crippen LogP contribution in [0.4, 0.5) is 5.00 Å². The molecule has 1 aromatic carbocycles. The van der Waals surface area contributed by atoms with Crippen LogP contribution in [0.3, 0.4) is 0 Å². The molecule has 0 saturated carbocycles. The number of hydrogen-bond acceptors (Lipinski definition) is 8. The lowest BCUT2D eigenvalue weighted by molar-refractivity contribution is -0.113. The average molecular weight is 529 g/mol. The summed E-state index contributed by atoms with van der Waals surface area (Å²) in [5, 5.41) is 13.0. The number of rotatable bonds is 10. The standard InChI is InChI=1S/C26H32N4O4S2/c1-5-30-21(14-17-8-10-18(33-4)11-9-17)28-29-26(30)35-15-22(31)27-24-23(25(32)34-6-2)19-12-7-16(3)13-20(19)36-24/h8-11,16H,5-7,12-15H2,1-4H3,(H,27,31). The molecule has 36 heavy (non-hydrogen) atoms. The van der Waals surface area contributed by atoms with Crippen LogP contribution in [0, 0.1) is 5.92 Å². The van der Waals surface area contributed by atoms with Gasteiger partial charge in [-0.25, -0.2) is 4.79 Å². The Balaban J connectivity index is 1.44. The largest absolute Gasteiger partial charge is 0.497 e. The lowest BCUT2D eigenvalue weighted by Gasteiger charge is -2.18. The fourth-order valence-corrected chi connectivity index (χ4v) is 6.59. The summed E-state index contributed by atoms with van der Waals surface area (Å²) >= 11 is 2.84. The topological polar surface area (TPSA) is 95.3 Å². The van der Waals surface area contributed by atoms with Crippen LogP contribution >= 0.6 is 23.1 Å². The van der Waals surface area contributed by atoms with Gasteiger partial charge in [0.15, 0.2) is 5.16 Å². The van der Waals surface area contributed by atoms with Crippen LogP contribution in [0.2, 0.25) is 0 Å². The molecule has 2 aromatic heterocycles. The third-order valence-corrected chi connectivity index (χ3v) is 8.34. The van der Waals surface area contributed by atoms with Gasteiger partial charge in [-0.05, 0) is 62.3 Å². The highest BCUT2D eigenvalue weighted by molar-refractivity contribution is 7.99. The fraction of sp³-hybridized carbons (Fsp3) is 0.462. The van der Waals surface area contributed by atoms with Gasteiger partial charge < -0.3 is 19.4 Å². The monoisotopic (exact) mass is 528 g/mol. The molecule has 0 bridgehead atoms. The van der Waals surface area contributed by atoms with Crippen molar-refractivity contribution in [2.75, 3.05) is 24.8 Å². The summed E-state index contributed by atoms with van der Waals surface area (Å²) in [5.41, 5.74) is 2.67. The van der Waals surface area contributed by atoms with E-state index in [1.54, 1.807) is 14.0 Å². The Kier molecular flexibility index (Phi) is 8.68. The van der Waals surface area contributed by atoms with Crippen LogP contribution in [0.5, 0.6) is 5.75 Å². The van der Waals surface area contributed by atoms with Gasteiger partial charge in [-0.2, -0.15) is 0 Å². The molecule has 0 radical (unpaired) electrons. The highest BCUT2D eigenvalue weighted by Gasteiger charge is 2.29. The Morgan fingerprint density at radius 3 is 2.69 bits per heavy atom. The van der Waals surface area contributed by atoms with E-state index in [4.69, 9.17) is 9.47 Å². The lowest BCUT2D eigenvalue weighted by Crippen LogP contribution is -2.18. The zero-order chi connectivity index (χ0) is 25.7. The molecule has 1 aliphatic rings. The maximum absolute atomic E-state index is 12.9. The molecule has 1 unspecified atom stereocenters. The van der Waals surface area contributed by atoms with Crippen molar-refractivity contribution >= 4 is 40.0 Å². The summed E-state index contributed by atoms with van der Waals surface area (Å²) in [7, 11) is 1.65. The molecule has 1 N–H and O–H groups in total. The van der Waals surface area contributed by atoms with Crippen LogP contribution in [-0.4, -0.2) is 46.1 Å². The summed E-state index contributed by atoms with van der Waals surface area (Å²) < 4.78 is 12.6. The fourth-order valence-electron chi connectivity index (χ4n) is 4.35. The second-order valence-electron chi connectivity index (χ2n) is 8.78. The molecule has 2 heterocycles. The number of anilines is 1. The number of methoxy groups -OCH3 is 1. The van der Waals surface area contributed by atoms with E-state index in [1.165, 1.54) is 28.0 Å². The summed E-state index contributed by atoms with van der Waals surface area (Å²) in [6.07, 6.45) is 3.43. The Morgan fingerprint density at radius 2 is 2.00 bits per heavy atom. The van der Waals surface area contributed by atoms with Crippen molar-refractivity contribution in [2.45, 2.75) is 58.2 Å². The molecule has 4 rings (SSSR count). The molecule has 0 aliphatic heterocycles. The molecule has 8 nitrogen and oxygen atoms in total. The number of thiophene rings is 1. The molecule has 192 valence electrons. The van der Waals surface area contributed by atoms with Crippen LogP contribution < -0.4 is 10.1 Å². The van der Waals surface area contributed by atoms with E-state index in [-0.39, 0.29) is 17.6 Å². The van der Waals surface area contributed by atoms with E-state index in [1.807, 2.05) is 35.8 Å². The number of carbonyl (C=O) groups is 2. The quantitative estimate of drug-likeness (QED) is 0.293. The number of nitrogens with zero attached hydrogens (tertiary/aromatic N) is 3. The second-order valence-corrected chi connectivity index (χ2v) is 10.8. The third kappa shape index (κ3) is 5.92. The first-order valence-electron chi connectivity index (χ1n) is 12.2. The van der Waals surface area contributed by atoms with Crippen molar-refractivity contribution in [3.8, 4) is 5.75 Å². The molecule has 0 fully saturated rings. The highest BCUT2D eigenvalue weighted by Crippen LogP contribution is 2.40. The molecule has 1 amide bonds. The maximum atomic E-state index is 12.9. The molecular weight excluding hydrogens is 496 g/mol. The number of esters is 1. The first-order valence-corrected chi connectivity index (χ1v) is 14.0. The van der Waals surface area contributed by atoms with Gasteiger partial charge in [0.25, 0.3) is 0 Å². The van der Waals surface area contributed by atoms with Gasteiger partial charge in [0.05, 0.1) is 25.0 Å². The Hall–Kier alpha value is -2.85. The summed E-state index contributed by atoms with van der Waals surface area (Å²) in [5.74, 6) is 1.85. The molecule has 1 atom stereocenters. The zero-order valence-electron chi connectivity index (χ0n) is 21.1. The third-order valence-electron chi connectivity index (χ3n) is 6.21. The van der Waals surface area contributed by atoms with E-state index in [9.17, 15) is 9.59 Å². The van der Waals surface area contributed by atoms with Crippen molar-refractivity contribution < 1.29 is 19.1 Å². The zero-order valence-corrected chi connectivity index (χ0v) is 22.8. The van der Waals surface area contributed by atoms with Crippen molar-refractivity contribution in [3.63, 3.8) is 0 Å². The Bertz CT molecular complexity index is 1220. The molecule has 0 spiro atoms. The van der Waals surface area contributed by atoms with Crippen LogP contribution in [-0.2, 0) is 35.3 Å². The van der Waals surface area contributed by atoms with Crippen molar-refractivity contribution in [2.24, 2.45) is 5.92 Å². The molecular formula is C26H32N4O4S2. The first kappa shape index (κ1) is 26.2. The number of aromatic nitrogens is 3. The van der Waals surface area contributed by atoms with Gasteiger partial charge in [-0.1, -0.05) is 30.8 Å². The number of hydrogen-bond donors (Lipinski definition) is 1. The molecule has 3 aromatic rings. The van der Waals surface area contributed by atoms with Crippen molar-refractivity contribution in [3.05, 3.63) is 51.7 Å². The van der Waals surface area contributed by atoms with Gasteiger partial charge in [-0.3, -0.25) is 4.79 Å². The summed E-state index contributed by atoms with van der Waals surface area (Å²) in [4.78, 5) is 26.8. The smallest absolute Gasteiger partial charge is 0.341 e. The summed E-state index contributed by atoms with van der Waals surface area (Å²) in [6.45, 7) is 7.04. The molecule has 10 heteroatoms. The predicted octanol–water partition coefficient (Wildman–Crippen LogP) is 4.99. The highest BCUT2D eigenvalue weighted by atomic mass is 32.2. The van der Waals surface area contributed by atoms with E-state index in [2.05, 4.69) is 22.4 Å². The van der Waals surface area contributed by atoms with Gasteiger partial charge >= 0.3 is 5.97 Å². The second kappa shape index (κ2) is 11.9. The predicted molar refractivity (Wildman–Crippen MR) is 142 cm³/mol. The lowest BCUT2D eigenvalue weighted by atomic mass is 9.88. The van der Waals surface area contributed by atoms with Crippen LogP contribution in [0.15, 0.2) is 29.4 Å². The molecule has 0 saturated heterocycles. The SMILES string of the molecule is CCOC(=O)c1c(NC(=O)CSc2nnc(Cc3ccc(OC)cc3)n2CC)sc2c1CCC(C)C2. The summed E-state index contributed by atoms with van der Waals surface area (Å²) in [6, 6.07) is 7.87. The van der Waals surface area contributed by atoms with Gasteiger partial charge in [-0.15, -0.1) is 21.5 Å². The average Bonchev–Trinajstić information content (AvgIpc) is 3.42. The number of ether oxygens (including phenoxy) is 2. The van der Waals surface area contributed by atoms with E-state index in [0.717, 1.165) is 42.0 Å². The van der Waals surface area contributed by atoms with Gasteiger partial charge in [0, 0.05) is 17.8 Å². The minimum Gasteiger partial charge on any atom is -0.497 e. The maximum Gasteiger partial charge on any atom is 0.341 e. The first-order chi connectivity index (χ1) is 17.4. The number of amides is 1. The van der Waals surface area contributed by atoms with E-state index in [0.29, 0.717) is 41.2 Å². The van der Waals surface area contributed by atoms with Crippen LogP contribution in [0.25, 0.3) is 0 Å². The van der Waals surface area contributed by atoms with Gasteiger partial charge in [0.1, 0.15) is 16.6 Å².